The van der Waals surface area contributed by atoms with Crippen LogP contribution in [-0.2, 0) is 11.8 Å². The molecule has 2 aromatic carbocycles. The van der Waals surface area contributed by atoms with Crippen LogP contribution in [-0.4, -0.2) is 48.0 Å². The lowest BCUT2D eigenvalue weighted by Gasteiger charge is -2.33. The van der Waals surface area contributed by atoms with E-state index in [1.165, 1.54) is 4.90 Å². The molecule has 3 aromatic rings. The van der Waals surface area contributed by atoms with Gasteiger partial charge in [0.15, 0.2) is 6.54 Å². The highest BCUT2D eigenvalue weighted by molar-refractivity contribution is 6.30. The van der Waals surface area contributed by atoms with E-state index in [-0.39, 0.29) is 11.5 Å². The van der Waals surface area contributed by atoms with Crippen molar-refractivity contribution in [3.05, 3.63) is 75.7 Å². The van der Waals surface area contributed by atoms with E-state index in [2.05, 4.69) is 16.3 Å². The molecule has 162 valence electrons. The van der Waals surface area contributed by atoms with E-state index in [1.807, 2.05) is 62.5 Å². The van der Waals surface area contributed by atoms with Gasteiger partial charge in [-0.05, 0) is 37.3 Å². The van der Waals surface area contributed by atoms with E-state index < -0.39 is 0 Å². The standard InChI is InChI=1S/C23H26ClN5O2/c1-17-22(23(31)29(26(17)2)19-8-4-3-5-9-19)25-21(30)16-27-11-13-28(14-12-27)20-10-6-7-18(24)15-20/h3-10,15H,11-14,16H2,1-2H3,(H,25,30)/p+1. The highest BCUT2D eigenvalue weighted by atomic mass is 35.5. The number of halogens is 1. The molecule has 0 bridgehead atoms. The van der Waals surface area contributed by atoms with Gasteiger partial charge in [-0.3, -0.25) is 14.3 Å². The van der Waals surface area contributed by atoms with Crippen molar-refractivity contribution < 1.29 is 9.69 Å². The highest BCUT2D eigenvalue weighted by Crippen LogP contribution is 2.19. The van der Waals surface area contributed by atoms with Gasteiger partial charge in [0, 0.05) is 17.8 Å². The van der Waals surface area contributed by atoms with Crippen LogP contribution in [0.3, 0.4) is 0 Å². The number of nitrogens with one attached hydrogen (secondary N) is 2. The number of anilines is 2. The topological polar surface area (TPSA) is 63.7 Å². The highest BCUT2D eigenvalue weighted by Gasteiger charge is 2.24. The van der Waals surface area contributed by atoms with Crippen LogP contribution in [0.2, 0.25) is 5.02 Å². The molecule has 4 rings (SSSR count). The zero-order valence-corrected chi connectivity index (χ0v) is 18.5. The number of para-hydroxylation sites is 1. The number of carbonyl (C=O) groups is 1. The summed E-state index contributed by atoms with van der Waals surface area (Å²) in [6.45, 7) is 5.59. The first-order valence-electron chi connectivity index (χ1n) is 10.4. The zero-order valence-electron chi connectivity index (χ0n) is 17.8. The molecule has 0 aliphatic carbocycles. The first-order chi connectivity index (χ1) is 14.9. The zero-order chi connectivity index (χ0) is 22.0. The molecule has 2 N–H and O–H groups in total. The van der Waals surface area contributed by atoms with Crippen LogP contribution in [0.5, 0.6) is 0 Å². The van der Waals surface area contributed by atoms with Gasteiger partial charge in [-0.25, -0.2) is 4.68 Å². The summed E-state index contributed by atoms with van der Waals surface area (Å²) < 4.78 is 3.34. The molecule has 1 aliphatic heterocycles. The normalized spacial score (nSPS) is 14.6. The smallest absolute Gasteiger partial charge is 0.295 e. The summed E-state index contributed by atoms with van der Waals surface area (Å²) >= 11 is 6.10. The third-order valence-electron chi connectivity index (χ3n) is 5.87. The fourth-order valence-corrected chi connectivity index (χ4v) is 4.24. The Bertz CT molecular complexity index is 1130. The van der Waals surface area contributed by atoms with Crippen LogP contribution in [0.1, 0.15) is 5.69 Å². The van der Waals surface area contributed by atoms with Gasteiger partial charge in [-0.2, -0.15) is 0 Å². The predicted octanol–water partition coefficient (Wildman–Crippen LogP) is 1.48. The fraction of sp³-hybridized carbons (Fsp3) is 0.304. The van der Waals surface area contributed by atoms with Gasteiger partial charge in [-0.15, -0.1) is 0 Å². The van der Waals surface area contributed by atoms with Gasteiger partial charge in [0.2, 0.25) is 0 Å². The fourth-order valence-electron chi connectivity index (χ4n) is 4.05. The van der Waals surface area contributed by atoms with E-state index >= 15 is 0 Å². The summed E-state index contributed by atoms with van der Waals surface area (Å²) in [6.07, 6.45) is 0. The van der Waals surface area contributed by atoms with Crippen molar-refractivity contribution >= 4 is 28.9 Å². The van der Waals surface area contributed by atoms with E-state index in [4.69, 9.17) is 11.6 Å². The molecule has 1 amide bonds. The van der Waals surface area contributed by atoms with Crippen LogP contribution in [0, 0.1) is 6.92 Å². The van der Waals surface area contributed by atoms with Gasteiger partial charge in [-0.1, -0.05) is 35.9 Å². The average Bonchev–Trinajstić information content (AvgIpc) is 2.98. The van der Waals surface area contributed by atoms with Crippen LogP contribution in [0.4, 0.5) is 11.4 Å². The van der Waals surface area contributed by atoms with Gasteiger partial charge < -0.3 is 15.1 Å². The monoisotopic (exact) mass is 440 g/mol. The third kappa shape index (κ3) is 4.52. The molecule has 1 aliphatic rings. The largest absolute Gasteiger partial charge is 0.360 e. The number of hydrogen-bond donors (Lipinski definition) is 2. The summed E-state index contributed by atoms with van der Waals surface area (Å²) in [4.78, 5) is 29.2. The summed E-state index contributed by atoms with van der Waals surface area (Å²) in [6, 6.07) is 17.3. The summed E-state index contributed by atoms with van der Waals surface area (Å²) in [5.41, 5.74) is 2.72. The Balaban J connectivity index is 1.39. The number of aromatic nitrogens is 2. The molecule has 0 unspecified atom stereocenters. The number of carbonyl (C=O) groups excluding carboxylic acids is 1. The molecule has 0 atom stereocenters. The van der Waals surface area contributed by atoms with E-state index in [0.717, 1.165) is 48.3 Å². The van der Waals surface area contributed by atoms with Crippen molar-refractivity contribution in [1.29, 1.82) is 0 Å². The van der Waals surface area contributed by atoms with Crippen LogP contribution < -0.4 is 20.7 Å². The molecule has 0 radical (unpaired) electrons. The lowest BCUT2D eigenvalue weighted by atomic mass is 10.2. The minimum absolute atomic E-state index is 0.141. The minimum Gasteiger partial charge on any atom is -0.360 e. The molecule has 2 heterocycles. The van der Waals surface area contributed by atoms with Crippen molar-refractivity contribution in [3.63, 3.8) is 0 Å². The lowest BCUT2D eigenvalue weighted by Crippen LogP contribution is -3.15. The van der Waals surface area contributed by atoms with Crippen molar-refractivity contribution in [2.45, 2.75) is 6.92 Å². The first kappa shape index (κ1) is 21.2. The molecule has 31 heavy (non-hydrogen) atoms. The Kier molecular flexibility index (Phi) is 6.15. The van der Waals surface area contributed by atoms with Crippen LogP contribution >= 0.6 is 11.6 Å². The molecule has 7 nitrogen and oxygen atoms in total. The molecule has 1 fully saturated rings. The Morgan fingerprint density at radius 3 is 2.42 bits per heavy atom. The van der Waals surface area contributed by atoms with Crippen molar-refractivity contribution in [1.82, 2.24) is 9.36 Å². The van der Waals surface area contributed by atoms with Gasteiger partial charge >= 0.3 is 0 Å². The second-order valence-corrected chi connectivity index (χ2v) is 8.31. The number of nitrogens with zero attached hydrogens (tertiary/aromatic N) is 3. The molecule has 1 aromatic heterocycles. The molecule has 0 spiro atoms. The van der Waals surface area contributed by atoms with Crippen LogP contribution in [0.15, 0.2) is 59.4 Å². The maximum atomic E-state index is 13.0. The molecule has 1 saturated heterocycles. The molecular weight excluding hydrogens is 414 g/mol. The molecular formula is C23H27ClN5O2+. The molecule has 0 saturated carbocycles. The number of piperazine rings is 1. The van der Waals surface area contributed by atoms with Gasteiger partial charge in [0.05, 0.1) is 37.6 Å². The Morgan fingerprint density at radius 2 is 1.74 bits per heavy atom. The van der Waals surface area contributed by atoms with Crippen molar-refractivity contribution in [2.24, 2.45) is 7.05 Å². The van der Waals surface area contributed by atoms with Crippen molar-refractivity contribution in [2.75, 3.05) is 42.9 Å². The van der Waals surface area contributed by atoms with Crippen LogP contribution in [0.25, 0.3) is 5.69 Å². The SMILES string of the molecule is Cc1c(NC(=O)C[NH+]2CCN(c3cccc(Cl)c3)CC2)c(=O)n(-c2ccccc2)n1C. The number of hydrogen-bond acceptors (Lipinski definition) is 3. The first-order valence-corrected chi connectivity index (χ1v) is 10.8. The summed E-state index contributed by atoms with van der Waals surface area (Å²) in [7, 11) is 1.82. The molecule has 8 heteroatoms. The second-order valence-electron chi connectivity index (χ2n) is 7.88. The Labute approximate surface area is 186 Å². The summed E-state index contributed by atoms with van der Waals surface area (Å²) in [5, 5.41) is 3.59. The lowest BCUT2D eigenvalue weighted by molar-refractivity contribution is -0.892. The van der Waals surface area contributed by atoms with E-state index in [0.29, 0.717) is 12.2 Å². The number of rotatable bonds is 5. The van der Waals surface area contributed by atoms with E-state index in [9.17, 15) is 9.59 Å². The minimum atomic E-state index is -0.222. The maximum Gasteiger partial charge on any atom is 0.295 e. The maximum absolute atomic E-state index is 13.0. The summed E-state index contributed by atoms with van der Waals surface area (Å²) in [5.74, 6) is -0.141. The number of benzene rings is 2. The number of amides is 1. The Morgan fingerprint density at radius 1 is 1.06 bits per heavy atom. The average molecular weight is 441 g/mol. The Hall–Kier alpha value is -3.03. The quantitative estimate of drug-likeness (QED) is 0.631. The van der Waals surface area contributed by atoms with E-state index in [1.54, 1.807) is 9.36 Å². The number of quaternary nitrogens is 1. The predicted molar refractivity (Wildman–Crippen MR) is 124 cm³/mol. The van der Waals surface area contributed by atoms with Gasteiger partial charge in [0.25, 0.3) is 11.5 Å². The second kappa shape index (κ2) is 8.99. The van der Waals surface area contributed by atoms with Gasteiger partial charge in [0.1, 0.15) is 5.69 Å². The third-order valence-corrected chi connectivity index (χ3v) is 6.11. The van der Waals surface area contributed by atoms with Crippen molar-refractivity contribution in [3.8, 4) is 5.69 Å².